The average Bonchev–Trinajstić information content (AvgIpc) is 3.27. The maximum atomic E-state index is 12.9. The van der Waals surface area contributed by atoms with Gasteiger partial charge in [0.1, 0.15) is 5.75 Å². The van der Waals surface area contributed by atoms with E-state index in [-0.39, 0.29) is 11.8 Å². The molecule has 2 fully saturated rings. The molecule has 0 bridgehead atoms. The van der Waals surface area contributed by atoms with E-state index in [4.69, 9.17) is 17.0 Å². The van der Waals surface area contributed by atoms with Crippen molar-refractivity contribution in [3.8, 4) is 17.1 Å². The highest BCUT2D eigenvalue weighted by molar-refractivity contribution is 7.71. The molecule has 1 aromatic heterocycles. The van der Waals surface area contributed by atoms with Gasteiger partial charge in [-0.2, -0.15) is 5.10 Å². The molecule has 190 valence electrons. The van der Waals surface area contributed by atoms with Crippen molar-refractivity contribution in [3.05, 3.63) is 29.0 Å². The van der Waals surface area contributed by atoms with E-state index in [0.29, 0.717) is 62.8 Å². The average molecular weight is 500 g/mol. The van der Waals surface area contributed by atoms with E-state index in [1.54, 1.807) is 0 Å². The third-order valence-electron chi connectivity index (χ3n) is 7.21. The van der Waals surface area contributed by atoms with Gasteiger partial charge in [-0.3, -0.25) is 19.3 Å². The van der Waals surface area contributed by atoms with Crippen LogP contribution in [0, 0.1) is 10.7 Å². The number of H-pyrrole nitrogens is 1. The molecule has 8 nitrogen and oxygen atoms in total. The molecule has 0 atom stereocenters. The van der Waals surface area contributed by atoms with Gasteiger partial charge in [0.2, 0.25) is 11.8 Å². The van der Waals surface area contributed by atoms with Crippen LogP contribution in [-0.4, -0.2) is 69.2 Å². The number of nitrogens with zero attached hydrogens (tertiary/aromatic N) is 4. The fraction of sp³-hybridized carbons (Fsp3) is 0.615. The van der Waals surface area contributed by atoms with Crippen LogP contribution in [0.3, 0.4) is 0 Å². The van der Waals surface area contributed by atoms with Crippen LogP contribution >= 0.6 is 12.2 Å². The molecule has 2 heterocycles. The Hall–Kier alpha value is -2.68. The second-order valence-electron chi connectivity index (χ2n) is 9.52. The molecule has 2 aromatic rings. The van der Waals surface area contributed by atoms with E-state index < -0.39 is 0 Å². The van der Waals surface area contributed by atoms with Crippen LogP contribution in [0.4, 0.5) is 0 Å². The van der Waals surface area contributed by atoms with E-state index in [9.17, 15) is 9.59 Å². The number of ether oxygens (including phenoxy) is 1. The van der Waals surface area contributed by atoms with Crippen LogP contribution in [0.2, 0.25) is 0 Å². The Labute approximate surface area is 212 Å². The Morgan fingerprint density at radius 2 is 1.63 bits per heavy atom. The monoisotopic (exact) mass is 499 g/mol. The zero-order valence-electron chi connectivity index (χ0n) is 20.7. The van der Waals surface area contributed by atoms with Crippen molar-refractivity contribution in [2.24, 2.45) is 5.92 Å². The number of nitrogens with one attached hydrogen (secondary N) is 1. The first kappa shape index (κ1) is 25.4. The minimum absolute atomic E-state index is 0.0834. The largest absolute Gasteiger partial charge is 0.494 e. The fourth-order valence-corrected chi connectivity index (χ4v) is 5.37. The van der Waals surface area contributed by atoms with Gasteiger partial charge < -0.3 is 14.5 Å². The Morgan fingerprint density at radius 3 is 2.26 bits per heavy atom. The first-order valence-corrected chi connectivity index (χ1v) is 13.4. The van der Waals surface area contributed by atoms with Gasteiger partial charge >= 0.3 is 0 Å². The maximum absolute atomic E-state index is 12.9. The van der Waals surface area contributed by atoms with Gasteiger partial charge in [0, 0.05) is 51.1 Å². The number of rotatable bonds is 9. The van der Waals surface area contributed by atoms with Gasteiger partial charge in [0.15, 0.2) is 10.6 Å². The lowest BCUT2D eigenvalue weighted by Crippen LogP contribution is -2.50. The van der Waals surface area contributed by atoms with Crippen molar-refractivity contribution < 1.29 is 14.3 Å². The van der Waals surface area contributed by atoms with Crippen molar-refractivity contribution in [2.75, 3.05) is 32.8 Å². The van der Waals surface area contributed by atoms with Crippen molar-refractivity contribution in [1.29, 1.82) is 0 Å². The predicted octanol–water partition coefficient (Wildman–Crippen LogP) is 4.43. The summed E-state index contributed by atoms with van der Waals surface area (Å²) in [4.78, 5) is 29.4. The van der Waals surface area contributed by atoms with Crippen molar-refractivity contribution in [3.63, 3.8) is 0 Å². The third-order valence-corrected chi connectivity index (χ3v) is 7.52. The number of aromatic amines is 1. The maximum Gasteiger partial charge on any atom is 0.224 e. The third kappa shape index (κ3) is 6.72. The molecular weight excluding hydrogens is 462 g/mol. The Balaban J connectivity index is 1.25. The molecule has 0 spiro atoms. The molecule has 0 radical (unpaired) electrons. The van der Waals surface area contributed by atoms with Crippen molar-refractivity contribution in [2.45, 2.75) is 64.8 Å². The molecule has 2 aliphatic rings. The van der Waals surface area contributed by atoms with Crippen LogP contribution < -0.4 is 4.74 Å². The summed E-state index contributed by atoms with van der Waals surface area (Å²) < 4.78 is 7.88. The molecule has 0 unspecified atom stereocenters. The van der Waals surface area contributed by atoms with Gasteiger partial charge in [-0.25, -0.2) is 0 Å². The van der Waals surface area contributed by atoms with Crippen LogP contribution in [0.15, 0.2) is 24.3 Å². The van der Waals surface area contributed by atoms with Gasteiger partial charge in [-0.1, -0.05) is 32.1 Å². The van der Waals surface area contributed by atoms with Crippen LogP contribution in [0.5, 0.6) is 5.75 Å². The molecule has 9 heteroatoms. The summed E-state index contributed by atoms with van der Waals surface area (Å²) in [6.45, 7) is 5.45. The summed E-state index contributed by atoms with van der Waals surface area (Å²) >= 11 is 5.42. The lowest BCUT2D eigenvalue weighted by Gasteiger charge is -2.35. The van der Waals surface area contributed by atoms with Gasteiger partial charge in [0.25, 0.3) is 0 Å². The summed E-state index contributed by atoms with van der Waals surface area (Å²) in [5.41, 5.74) is 0.911. The summed E-state index contributed by atoms with van der Waals surface area (Å²) in [7, 11) is 0. The number of amides is 2. The highest BCUT2D eigenvalue weighted by Crippen LogP contribution is 2.27. The van der Waals surface area contributed by atoms with E-state index in [0.717, 1.165) is 23.7 Å². The standard InChI is InChI=1S/C26H37N5O3S/c1-2-34-22-11-9-21(10-12-22)25-27-28-26(35)31(25)15-14-24(33)30-18-16-29(17-19-30)23(32)13-8-20-6-4-3-5-7-20/h9-12,20H,2-8,13-19H2,1H3,(H,28,35). The smallest absolute Gasteiger partial charge is 0.224 e. The quantitative estimate of drug-likeness (QED) is 0.516. The van der Waals surface area contributed by atoms with Gasteiger partial charge in [-0.05, 0) is 55.7 Å². The number of aromatic nitrogens is 3. The normalized spacial score (nSPS) is 16.9. The topological polar surface area (TPSA) is 83.5 Å². The fourth-order valence-electron chi connectivity index (χ4n) is 5.14. The number of hydrogen-bond donors (Lipinski definition) is 1. The molecule has 1 aromatic carbocycles. The Bertz CT molecular complexity index is 1030. The van der Waals surface area contributed by atoms with E-state index in [2.05, 4.69) is 10.2 Å². The van der Waals surface area contributed by atoms with Gasteiger partial charge in [-0.15, -0.1) is 0 Å². The molecule has 35 heavy (non-hydrogen) atoms. The van der Waals surface area contributed by atoms with Crippen LogP contribution in [0.25, 0.3) is 11.4 Å². The summed E-state index contributed by atoms with van der Waals surface area (Å²) in [6.07, 6.45) is 8.51. The predicted molar refractivity (Wildman–Crippen MR) is 138 cm³/mol. The SMILES string of the molecule is CCOc1ccc(-c2n[nH]c(=S)n2CCC(=O)N2CCN(C(=O)CCC3CCCCC3)CC2)cc1. The zero-order valence-corrected chi connectivity index (χ0v) is 21.5. The Kier molecular flexibility index (Phi) is 8.95. The summed E-state index contributed by atoms with van der Waals surface area (Å²) in [5, 5.41) is 7.22. The number of carbonyl (C=O) groups is 2. The lowest BCUT2D eigenvalue weighted by molar-refractivity contribution is -0.139. The minimum Gasteiger partial charge on any atom is -0.494 e. The molecule has 2 amide bonds. The highest BCUT2D eigenvalue weighted by Gasteiger charge is 2.25. The zero-order chi connectivity index (χ0) is 24.6. The van der Waals surface area contributed by atoms with Crippen LogP contribution in [-0.2, 0) is 16.1 Å². The highest BCUT2D eigenvalue weighted by atomic mass is 32.1. The van der Waals surface area contributed by atoms with Gasteiger partial charge in [0.05, 0.1) is 6.61 Å². The first-order valence-electron chi connectivity index (χ1n) is 13.0. The molecule has 1 saturated heterocycles. The van der Waals surface area contributed by atoms with Crippen LogP contribution in [0.1, 0.15) is 58.3 Å². The molecular formula is C26H37N5O3S. The first-order chi connectivity index (χ1) is 17.0. The molecule has 1 N–H and O–H groups in total. The number of piperazine rings is 1. The molecule has 4 rings (SSSR count). The number of hydrogen-bond acceptors (Lipinski definition) is 5. The lowest BCUT2D eigenvalue weighted by atomic mass is 9.86. The minimum atomic E-state index is 0.0834. The molecule has 1 aliphatic carbocycles. The molecule has 1 aliphatic heterocycles. The van der Waals surface area contributed by atoms with E-state index in [1.165, 1.54) is 32.1 Å². The number of carbonyl (C=O) groups excluding carboxylic acids is 2. The second kappa shape index (κ2) is 12.3. The van der Waals surface area contributed by atoms with E-state index in [1.807, 2.05) is 45.6 Å². The number of benzene rings is 1. The summed E-state index contributed by atoms with van der Waals surface area (Å²) in [5.74, 6) is 2.56. The van der Waals surface area contributed by atoms with Crippen molar-refractivity contribution >= 4 is 24.0 Å². The second-order valence-corrected chi connectivity index (χ2v) is 9.90. The summed E-state index contributed by atoms with van der Waals surface area (Å²) in [6, 6.07) is 7.70. The Morgan fingerprint density at radius 1 is 1.00 bits per heavy atom. The van der Waals surface area contributed by atoms with E-state index >= 15 is 0 Å². The molecule has 1 saturated carbocycles. The van der Waals surface area contributed by atoms with Crippen molar-refractivity contribution in [1.82, 2.24) is 24.6 Å².